The number of alkyl halides is 3. The normalized spacial score (nSPS) is 14.6. The second kappa shape index (κ2) is 8.22. The van der Waals surface area contributed by atoms with Gasteiger partial charge in [-0.25, -0.2) is 0 Å². The maximum Gasteiger partial charge on any atom is 0.416 e. The van der Waals surface area contributed by atoms with Gasteiger partial charge in [-0.2, -0.15) is 13.2 Å². The van der Waals surface area contributed by atoms with E-state index in [-0.39, 0.29) is 18.3 Å². The van der Waals surface area contributed by atoms with Crippen molar-refractivity contribution in [2.45, 2.75) is 31.9 Å². The van der Waals surface area contributed by atoms with Crippen molar-refractivity contribution >= 4 is 18.3 Å². The molecule has 122 valence electrons. The third-order valence-electron chi connectivity index (χ3n) is 3.52. The molecule has 2 nitrogen and oxygen atoms in total. The number of hydrogen-bond acceptors (Lipinski definition) is 1. The minimum absolute atomic E-state index is 0. The highest BCUT2D eigenvalue weighted by atomic mass is 35.5. The van der Waals surface area contributed by atoms with Crippen molar-refractivity contribution in [2.75, 3.05) is 13.1 Å². The van der Waals surface area contributed by atoms with Gasteiger partial charge in [0.1, 0.15) is 0 Å². The summed E-state index contributed by atoms with van der Waals surface area (Å²) in [5.41, 5.74) is -0.0105. The van der Waals surface area contributed by atoms with E-state index in [4.69, 9.17) is 0 Å². The van der Waals surface area contributed by atoms with Crippen LogP contribution in [0.5, 0.6) is 0 Å². The van der Waals surface area contributed by atoms with E-state index in [0.29, 0.717) is 31.4 Å². The molecule has 1 aliphatic rings. The highest BCUT2D eigenvalue weighted by molar-refractivity contribution is 5.85. The molecule has 2 rings (SSSR count). The number of amides is 1. The fraction of sp³-hybridized carbons (Fsp3) is 0.438. The molecule has 1 aromatic rings. The van der Waals surface area contributed by atoms with Crippen molar-refractivity contribution in [3.8, 4) is 0 Å². The van der Waals surface area contributed by atoms with Crippen molar-refractivity contribution in [2.24, 2.45) is 0 Å². The molecule has 0 spiro atoms. The van der Waals surface area contributed by atoms with E-state index in [0.717, 1.165) is 25.1 Å². The standard InChI is InChI=1S/C16H18F3NO.ClH/c17-16(18,19)14-8-4-6-13(12-14)7-5-9-15(21)20-10-2-1-3-11-20;/h1-2,4,6,8,12H,3,5,7,9-11H2;1H. The Hall–Kier alpha value is -1.49. The van der Waals surface area contributed by atoms with E-state index in [9.17, 15) is 18.0 Å². The Morgan fingerprint density at radius 2 is 2.00 bits per heavy atom. The number of halogens is 4. The van der Waals surface area contributed by atoms with Gasteiger partial charge in [-0.3, -0.25) is 4.79 Å². The lowest BCUT2D eigenvalue weighted by molar-refractivity contribution is -0.137. The number of carbonyl (C=O) groups excluding carboxylic acids is 1. The summed E-state index contributed by atoms with van der Waals surface area (Å²) in [5.74, 6) is 0.0753. The quantitative estimate of drug-likeness (QED) is 0.755. The second-order valence-electron chi connectivity index (χ2n) is 5.15. The lowest BCUT2D eigenvalue weighted by atomic mass is 10.0. The first kappa shape index (κ1) is 18.6. The molecule has 1 aliphatic heterocycles. The number of hydrogen-bond donors (Lipinski definition) is 0. The first-order chi connectivity index (χ1) is 9.97. The maximum absolute atomic E-state index is 12.6. The Morgan fingerprint density at radius 3 is 2.64 bits per heavy atom. The Morgan fingerprint density at radius 1 is 1.23 bits per heavy atom. The topological polar surface area (TPSA) is 20.3 Å². The fourth-order valence-corrected chi connectivity index (χ4v) is 2.37. The lowest BCUT2D eigenvalue weighted by Gasteiger charge is -2.23. The van der Waals surface area contributed by atoms with Crippen LogP contribution in [-0.2, 0) is 17.4 Å². The third-order valence-corrected chi connectivity index (χ3v) is 3.52. The van der Waals surface area contributed by atoms with E-state index in [1.165, 1.54) is 6.07 Å². The van der Waals surface area contributed by atoms with Crippen LogP contribution in [-0.4, -0.2) is 23.9 Å². The molecule has 0 N–H and O–H groups in total. The molecular formula is C16H19ClF3NO. The van der Waals surface area contributed by atoms with Gasteiger partial charge in [0.25, 0.3) is 0 Å². The van der Waals surface area contributed by atoms with Crippen molar-refractivity contribution < 1.29 is 18.0 Å². The van der Waals surface area contributed by atoms with Crippen LogP contribution >= 0.6 is 12.4 Å². The molecule has 0 aromatic heterocycles. The van der Waals surface area contributed by atoms with Gasteiger partial charge < -0.3 is 4.90 Å². The lowest BCUT2D eigenvalue weighted by Crippen LogP contribution is -2.33. The summed E-state index contributed by atoms with van der Waals surface area (Å²) in [4.78, 5) is 13.7. The summed E-state index contributed by atoms with van der Waals surface area (Å²) < 4.78 is 37.8. The summed E-state index contributed by atoms with van der Waals surface area (Å²) in [5, 5.41) is 0. The molecular weight excluding hydrogens is 315 g/mol. The number of benzene rings is 1. The summed E-state index contributed by atoms with van der Waals surface area (Å²) >= 11 is 0. The summed E-state index contributed by atoms with van der Waals surface area (Å²) in [6.07, 6.45) is 2.01. The van der Waals surface area contributed by atoms with E-state index in [1.807, 2.05) is 12.2 Å². The van der Waals surface area contributed by atoms with Crippen molar-refractivity contribution in [3.63, 3.8) is 0 Å². The molecule has 0 atom stereocenters. The van der Waals surface area contributed by atoms with Crippen LogP contribution in [0.4, 0.5) is 13.2 Å². The smallest absolute Gasteiger partial charge is 0.339 e. The van der Waals surface area contributed by atoms with Gasteiger partial charge in [-0.05, 0) is 30.9 Å². The molecule has 0 fully saturated rings. The highest BCUT2D eigenvalue weighted by Crippen LogP contribution is 2.29. The van der Waals surface area contributed by atoms with Crippen LogP contribution in [0.15, 0.2) is 36.4 Å². The van der Waals surface area contributed by atoms with E-state index in [1.54, 1.807) is 11.0 Å². The highest BCUT2D eigenvalue weighted by Gasteiger charge is 2.30. The van der Waals surface area contributed by atoms with Crippen LogP contribution in [0.1, 0.15) is 30.4 Å². The van der Waals surface area contributed by atoms with Crippen LogP contribution in [0, 0.1) is 0 Å². The van der Waals surface area contributed by atoms with Crippen LogP contribution in [0.2, 0.25) is 0 Å². The second-order valence-corrected chi connectivity index (χ2v) is 5.15. The molecule has 1 aromatic carbocycles. The van der Waals surface area contributed by atoms with E-state index >= 15 is 0 Å². The first-order valence-corrected chi connectivity index (χ1v) is 7.06. The number of rotatable bonds is 4. The van der Waals surface area contributed by atoms with Crippen molar-refractivity contribution in [1.82, 2.24) is 4.90 Å². The molecule has 0 unspecified atom stereocenters. The van der Waals surface area contributed by atoms with Crippen LogP contribution in [0.3, 0.4) is 0 Å². The average Bonchev–Trinajstić information content (AvgIpc) is 2.47. The molecule has 1 heterocycles. The number of aryl methyl sites for hydroxylation is 1. The zero-order chi connectivity index (χ0) is 15.3. The minimum Gasteiger partial charge on any atom is -0.339 e. The van der Waals surface area contributed by atoms with E-state index < -0.39 is 11.7 Å². The molecule has 0 saturated carbocycles. The van der Waals surface area contributed by atoms with Gasteiger partial charge in [0.05, 0.1) is 5.56 Å². The van der Waals surface area contributed by atoms with Gasteiger partial charge in [-0.1, -0.05) is 30.4 Å². The zero-order valence-corrected chi connectivity index (χ0v) is 12.9. The molecule has 1 amide bonds. The Balaban J connectivity index is 0.00000242. The Bertz CT molecular complexity index is 528. The fourth-order valence-electron chi connectivity index (χ4n) is 2.37. The average molecular weight is 334 g/mol. The van der Waals surface area contributed by atoms with Gasteiger partial charge in [0.15, 0.2) is 0 Å². The predicted molar refractivity (Wildman–Crippen MR) is 82.0 cm³/mol. The summed E-state index contributed by atoms with van der Waals surface area (Å²) in [6.45, 7) is 1.38. The third kappa shape index (κ3) is 5.37. The Kier molecular flexibility index (Phi) is 6.94. The molecule has 0 radical (unpaired) electrons. The zero-order valence-electron chi connectivity index (χ0n) is 12.1. The van der Waals surface area contributed by atoms with Gasteiger partial charge in [0.2, 0.25) is 5.91 Å². The van der Waals surface area contributed by atoms with Gasteiger partial charge >= 0.3 is 6.18 Å². The van der Waals surface area contributed by atoms with E-state index in [2.05, 4.69) is 0 Å². The summed E-state index contributed by atoms with van der Waals surface area (Å²) in [6, 6.07) is 5.31. The van der Waals surface area contributed by atoms with Crippen LogP contribution in [0.25, 0.3) is 0 Å². The molecule has 0 bridgehead atoms. The van der Waals surface area contributed by atoms with Gasteiger partial charge in [-0.15, -0.1) is 12.4 Å². The SMILES string of the molecule is Cl.O=C(CCCc1cccc(C(F)(F)F)c1)N1CC=CCC1. The molecule has 0 aliphatic carbocycles. The predicted octanol–water partition coefficient (Wildman–Crippen LogP) is 4.24. The molecule has 22 heavy (non-hydrogen) atoms. The monoisotopic (exact) mass is 333 g/mol. The maximum atomic E-state index is 12.6. The van der Waals surface area contributed by atoms with Crippen LogP contribution < -0.4 is 0 Å². The largest absolute Gasteiger partial charge is 0.416 e. The minimum atomic E-state index is -4.31. The summed E-state index contributed by atoms with van der Waals surface area (Å²) in [7, 11) is 0. The molecule has 6 heteroatoms. The molecule has 0 saturated heterocycles. The van der Waals surface area contributed by atoms with Crippen molar-refractivity contribution in [3.05, 3.63) is 47.5 Å². The van der Waals surface area contributed by atoms with Crippen molar-refractivity contribution in [1.29, 1.82) is 0 Å². The number of nitrogens with zero attached hydrogens (tertiary/aromatic N) is 1. The number of carbonyl (C=O) groups is 1. The van der Waals surface area contributed by atoms with Gasteiger partial charge in [0, 0.05) is 19.5 Å². The Labute approximate surface area is 134 Å². The first-order valence-electron chi connectivity index (χ1n) is 7.06.